The van der Waals surface area contributed by atoms with E-state index in [9.17, 15) is 0 Å². The van der Waals surface area contributed by atoms with Gasteiger partial charge in [0, 0.05) is 11.8 Å². The van der Waals surface area contributed by atoms with E-state index in [-0.39, 0.29) is 0 Å². The van der Waals surface area contributed by atoms with Crippen molar-refractivity contribution in [2.24, 2.45) is 0 Å². The van der Waals surface area contributed by atoms with Gasteiger partial charge >= 0.3 is 0 Å². The molecule has 1 aromatic heterocycles. The summed E-state index contributed by atoms with van der Waals surface area (Å²) in [6.45, 7) is 1.36. The van der Waals surface area contributed by atoms with Crippen LogP contribution in [0.25, 0.3) is 0 Å². The van der Waals surface area contributed by atoms with Crippen molar-refractivity contribution in [3.05, 3.63) is 58.3 Å². The monoisotopic (exact) mass is 297 g/mol. The van der Waals surface area contributed by atoms with Gasteiger partial charge in [0.2, 0.25) is 0 Å². The minimum atomic E-state index is 0.376. The van der Waals surface area contributed by atoms with E-state index in [0.29, 0.717) is 30.0 Å². The molecule has 0 atom stereocenters. The molecule has 19 heavy (non-hydrogen) atoms. The van der Waals surface area contributed by atoms with Crippen LogP contribution in [0.5, 0.6) is 5.75 Å². The lowest BCUT2D eigenvalue weighted by atomic mass is 10.3. The minimum Gasteiger partial charge on any atom is -0.491 e. The molecule has 0 bridgehead atoms. The van der Waals surface area contributed by atoms with Crippen LogP contribution in [0.15, 0.2) is 42.6 Å². The molecule has 0 aliphatic rings. The van der Waals surface area contributed by atoms with Crippen LogP contribution in [0.4, 0.5) is 0 Å². The van der Waals surface area contributed by atoms with Gasteiger partial charge in [0.05, 0.1) is 18.2 Å². The number of pyridine rings is 1. The summed E-state index contributed by atoms with van der Waals surface area (Å²) in [6, 6.07) is 11.2. The largest absolute Gasteiger partial charge is 0.491 e. The van der Waals surface area contributed by atoms with Gasteiger partial charge in [-0.3, -0.25) is 0 Å². The van der Waals surface area contributed by atoms with E-state index in [2.05, 4.69) is 4.98 Å². The standard InChI is InChI=1S/C14H13Cl2NO2/c15-13-8-14(16)17-9-11(13)10-18-6-7-19-12-4-2-1-3-5-12/h1-5,8-9H,6-7,10H2. The number of hydrogen-bond acceptors (Lipinski definition) is 3. The number of hydrogen-bond donors (Lipinski definition) is 0. The lowest BCUT2D eigenvalue weighted by Crippen LogP contribution is -2.07. The molecule has 1 aromatic carbocycles. The highest BCUT2D eigenvalue weighted by Crippen LogP contribution is 2.19. The van der Waals surface area contributed by atoms with Crippen LogP contribution >= 0.6 is 23.2 Å². The molecule has 0 aliphatic heterocycles. The molecule has 0 radical (unpaired) electrons. The van der Waals surface area contributed by atoms with Crippen LogP contribution in [-0.2, 0) is 11.3 Å². The summed E-state index contributed by atoms with van der Waals surface area (Å²) in [5.74, 6) is 0.831. The number of para-hydroxylation sites is 1. The molecular weight excluding hydrogens is 285 g/mol. The van der Waals surface area contributed by atoms with Gasteiger partial charge < -0.3 is 9.47 Å². The molecule has 0 spiro atoms. The smallest absolute Gasteiger partial charge is 0.130 e. The number of ether oxygens (including phenoxy) is 2. The van der Waals surface area contributed by atoms with Crippen molar-refractivity contribution in [3.8, 4) is 5.75 Å². The summed E-state index contributed by atoms with van der Waals surface area (Å²) in [7, 11) is 0. The summed E-state index contributed by atoms with van der Waals surface area (Å²) in [4.78, 5) is 3.96. The molecule has 2 aromatic rings. The maximum Gasteiger partial charge on any atom is 0.130 e. The van der Waals surface area contributed by atoms with E-state index in [1.165, 1.54) is 0 Å². The van der Waals surface area contributed by atoms with E-state index in [1.54, 1.807) is 12.3 Å². The second-order valence-corrected chi connectivity index (χ2v) is 4.61. The number of benzene rings is 1. The van der Waals surface area contributed by atoms with E-state index in [1.807, 2.05) is 30.3 Å². The van der Waals surface area contributed by atoms with E-state index in [4.69, 9.17) is 32.7 Å². The van der Waals surface area contributed by atoms with Crippen molar-refractivity contribution in [3.63, 3.8) is 0 Å². The lowest BCUT2D eigenvalue weighted by Gasteiger charge is -2.08. The summed E-state index contributed by atoms with van der Waals surface area (Å²) < 4.78 is 11.0. The summed E-state index contributed by atoms with van der Waals surface area (Å²) in [5, 5.41) is 0.935. The predicted molar refractivity (Wildman–Crippen MR) is 75.9 cm³/mol. The fourth-order valence-electron chi connectivity index (χ4n) is 1.46. The zero-order valence-electron chi connectivity index (χ0n) is 10.2. The van der Waals surface area contributed by atoms with Gasteiger partial charge in [-0.2, -0.15) is 0 Å². The molecule has 0 saturated heterocycles. The Morgan fingerprint density at radius 3 is 2.58 bits per heavy atom. The minimum absolute atomic E-state index is 0.376. The van der Waals surface area contributed by atoms with Gasteiger partial charge in [0.1, 0.15) is 17.5 Å². The Labute approximate surface area is 122 Å². The summed E-state index contributed by atoms with van der Waals surface area (Å²) in [5.41, 5.74) is 0.811. The van der Waals surface area contributed by atoms with Crippen molar-refractivity contribution < 1.29 is 9.47 Å². The van der Waals surface area contributed by atoms with Gasteiger partial charge in [-0.15, -0.1) is 0 Å². The molecular formula is C14H13Cl2NO2. The second kappa shape index (κ2) is 7.34. The molecule has 3 nitrogen and oxygen atoms in total. The van der Waals surface area contributed by atoms with Crippen LogP contribution in [0.3, 0.4) is 0 Å². The molecule has 0 aliphatic carbocycles. The molecule has 0 N–H and O–H groups in total. The highest BCUT2D eigenvalue weighted by molar-refractivity contribution is 6.34. The Hall–Kier alpha value is -1.29. The SMILES string of the molecule is Clc1cc(Cl)c(COCCOc2ccccc2)cn1. The first-order valence-corrected chi connectivity index (χ1v) is 6.57. The van der Waals surface area contributed by atoms with Crippen LogP contribution < -0.4 is 4.74 Å². The Balaban J connectivity index is 1.69. The number of rotatable bonds is 6. The lowest BCUT2D eigenvalue weighted by molar-refractivity contribution is 0.0888. The van der Waals surface area contributed by atoms with Gasteiger partial charge in [0.25, 0.3) is 0 Å². The van der Waals surface area contributed by atoms with Crippen molar-refractivity contribution in [2.75, 3.05) is 13.2 Å². The normalized spacial score (nSPS) is 10.4. The summed E-state index contributed by atoms with van der Waals surface area (Å²) in [6.07, 6.45) is 1.61. The first-order valence-electron chi connectivity index (χ1n) is 5.81. The highest BCUT2D eigenvalue weighted by Gasteiger charge is 2.02. The molecule has 5 heteroatoms. The van der Waals surface area contributed by atoms with Gasteiger partial charge in [0.15, 0.2) is 0 Å². The van der Waals surface area contributed by atoms with Crippen molar-refractivity contribution in [1.82, 2.24) is 4.98 Å². The van der Waals surface area contributed by atoms with Gasteiger partial charge in [-0.25, -0.2) is 4.98 Å². The fraction of sp³-hybridized carbons (Fsp3) is 0.214. The Kier molecular flexibility index (Phi) is 5.45. The zero-order chi connectivity index (χ0) is 13.5. The highest BCUT2D eigenvalue weighted by atomic mass is 35.5. The zero-order valence-corrected chi connectivity index (χ0v) is 11.7. The molecule has 2 rings (SSSR count). The number of aromatic nitrogens is 1. The average molecular weight is 298 g/mol. The molecule has 0 amide bonds. The quantitative estimate of drug-likeness (QED) is 0.597. The van der Waals surface area contributed by atoms with Crippen LogP contribution in [-0.4, -0.2) is 18.2 Å². The van der Waals surface area contributed by atoms with Crippen LogP contribution in [0.1, 0.15) is 5.56 Å². The third kappa shape index (κ3) is 4.71. The predicted octanol–water partition coefficient (Wildman–Crippen LogP) is 3.98. The van der Waals surface area contributed by atoms with E-state index in [0.717, 1.165) is 11.3 Å². The second-order valence-electron chi connectivity index (χ2n) is 3.81. The van der Waals surface area contributed by atoms with Crippen molar-refractivity contribution >= 4 is 23.2 Å². The molecule has 0 fully saturated rings. The van der Waals surface area contributed by atoms with Crippen molar-refractivity contribution in [2.45, 2.75) is 6.61 Å². The maximum atomic E-state index is 6.00. The van der Waals surface area contributed by atoms with Crippen molar-refractivity contribution in [1.29, 1.82) is 0 Å². The van der Waals surface area contributed by atoms with Gasteiger partial charge in [-0.05, 0) is 18.2 Å². The first kappa shape index (κ1) is 14.1. The molecule has 100 valence electrons. The van der Waals surface area contributed by atoms with Gasteiger partial charge in [-0.1, -0.05) is 41.4 Å². The number of nitrogens with zero attached hydrogens (tertiary/aromatic N) is 1. The average Bonchev–Trinajstić information content (AvgIpc) is 2.42. The molecule has 0 saturated carbocycles. The third-order valence-electron chi connectivity index (χ3n) is 2.39. The topological polar surface area (TPSA) is 31.4 Å². The Bertz CT molecular complexity index is 520. The molecule has 0 unspecified atom stereocenters. The number of halogens is 2. The Morgan fingerprint density at radius 2 is 1.84 bits per heavy atom. The third-order valence-corrected chi connectivity index (χ3v) is 2.95. The van der Waals surface area contributed by atoms with Crippen LogP contribution in [0.2, 0.25) is 10.2 Å². The fourth-order valence-corrected chi connectivity index (χ4v) is 1.88. The first-order chi connectivity index (χ1) is 9.25. The molecule has 1 heterocycles. The Morgan fingerprint density at radius 1 is 1.05 bits per heavy atom. The maximum absolute atomic E-state index is 6.00. The van der Waals surface area contributed by atoms with E-state index >= 15 is 0 Å². The summed E-state index contributed by atoms with van der Waals surface area (Å²) >= 11 is 11.7. The van der Waals surface area contributed by atoms with E-state index < -0.39 is 0 Å². The van der Waals surface area contributed by atoms with Crippen LogP contribution in [0, 0.1) is 0 Å².